The summed E-state index contributed by atoms with van der Waals surface area (Å²) < 4.78 is 32.4. The Kier molecular flexibility index (Phi) is 6.65. The van der Waals surface area contributed by atoms with Crippen molar-refractivity contribution in [2.45, 2.75) is 25.3 Å². The number of nitrogens with two attached hydrogens (primary N) is 1. The van der Waals surface area contributed by atoms with Gasteiger partial charge in [0.25, 0.3) is 5.91 Å². The van der Waals surface area contributed by atoms with Crippen LogP contribution in [0.3, 0.4) is 0 Å². The fourth-order valence-electron chi connectivity index (χ4n) is 4.42. The highest BCUT2D eigenvalue weighted by molar-refractivity contribution is 7.80. The molecule has 1 heterocycles. The van der Waals surface area contributed by atoms with Gasteiger partial charge in [-0.3, -0.25) is 13.3 Å². The van der Waals surface area contributed by atoms with Crippen molar-refractivity contribution in [3.8, 4) is 17.4 Å². The molecular formula is C27H22ClN4O4S-. The normalized spacial score (nSPS) is 13.8. The molecule has 8 nitrogen and oxygen atoms in total. The topological polar surface area (TPSA) is 135 Å². The number of rotatable bonds is 7. The summed E-state index contributed by atoms with van der Waals surface area (Å²) in [7, 11) is 1.55. The second-order valence-electron chi connectivity index (χ2n) is 8.86. The van der Waals surface area contributed by atoms with Gasteiger partial charge in [0.05, 0.1) is 23.4 Å². The summed E-state index contributed by atoms with van der Waals surface area (Å²) in [5.74, 6) is 0.225. The van der Waals surface area contributed by atoms with Crippen molar-refractivity contribution in [2.75, 3.05) is 17.1 Å². The lowest BCUT2D eigenvalue weighted by molar-refractivity contribution is 0.0964. The number of nitrogens with one attached hydrogen (secondary N) is 1. The number of furan rings is 1. The number of carbonyl (C=O) groups is 1. The number of benzene rings is 3. The van der Waals surface area contributed by atoms with Gasteiger partial charge in [-0.2, -0.15) is 5.26 Å². The largest absolute Gasteiger partial charge is 0.755 e. The number of nitrogens with zero attached hydrogens (tertiary/aromatic N) is 2. The van der Waals surface area contributed by atoms with Gasteiger partial charge in [-0.1, -0.05) is 17.7 Å². The van der Waals surface area contributed by atoms with Gasteiger partial charge in [0.1, 0.15) is 17.4 Å². The number of hydrogen-bond acceptors (Lipinski definition) is 6. The summed E-state index contributed by atoms with van der Waals surface area (Å²) in [4.78, 5) is 13.0. The van der Waals surface area contributed by atoms with Gasteiger partial charge in [-0.05, 0) is 72.4 Å². The van der Waals surface area contributed by atoms with E-state index in [0.29, 0.717) is 49.8 Å². The zero-order valence-corrected chi connectivity index (χ0v) is 21.4. The van der Waals surface area contributed by atoms with Crippen LogP contribution in [-0.2, 0) is 17.8 Å². The Bertz CT molecular complexity index is 1590. The van der Waals surface area contributed by atoms with Crippen LogP contribution in [0.2, 0.25) is 5.02 Å². The van der Waals surface area contributed by atoms with Crippen LogP contribution in [0.1, 0.15) is 45.8 Å². The van der Waals surface area contributed by atoms with E-state index >= 15 is 0 Å². The van der Waals surface area contributed by atoms with Crippen molar-refractivity contribution in [1.82, 2.24) is 5.32 Å². The second-order valence-corrected chi connectivity index (χ2v) is 10.2. The number of carbonyl (C=O) groups excluding carboxylic acids is 1. The Balaban J connectivity index is 1.68. The number of anilines is 2. The molecule has 1 aliphatic carbocycles. The van der Waals surface area contributed by atoms with Crippen LogP contribution in [0.4, 0.5) is 11.4 Å². The fraction of sp³-hybridized carbons (Fsp3) is 0.185. The molecule has 0 aliphatic heterocycles. The molecule has 0 saturated heterocycles. The van der Waals surface area contributed by atoms with Gasteiger partial charge in [0.2, 0.25) is 0 Å². The smallest absolute Gasteiger partial charge is 0.255 e. The molecule has 5 rings (SSSR count). The van der Waals surface area contributed by atoms with Gasteiger partial charge in [-0.25, -0.2) is 0 Å². The molecule has 3 aromatic carbocycles. The third kappa shape index (κ3) is 4.79. The fourth-order valence-corrected chi connectivity index (χ4v) is 5.12. The highest BCUT2D eigenvalue weighted by Crippen LogP contribution is 2.48. The Hall–Kier alpha value is -3.84. The quantitative estimate of drug-likeness (QED) is 0.246. The molecule has 0 radical (unpaired) electrons. The minimum absolute atomic E-state index is 0.00332. The summed E-state index contributed by atoms with van der Waals surface area (Å²) in [5.41, 5.74) is 9.77. The minimum atomic E-state index is -2.62. The summed E-state index contributed by atoms with van der Waals surface area (Å²) in [6, 6.07) is 17.4. The van der Waals surface area contributed by atoms with E-state index in [0.717, 1.165) is 18.4 Å². The van der Waals surface area contributed by atoms with E-state index in [-0.39, 0.29) is 23.9 Å². The Morgan fingerprint density at radius 2 is 1.97 bits per heavy atom. The zero-order valence-electron chi connectivity index (χ0n) is 19.8. The minimum Gasteiger partial charge on any atom is -0.755 e. The van der Waals surface area contributed by atoms with Crippen molar-refractivity contribution < 1.29 is 18.0 Å². The van der Waals surface area contributed by atoms with E-state index < -0.39 is 11.3 Å². The van der Waals surface area contributed by atoms with Crippen LogP contribution in [0, 0.1) is 11.3 Å². The number of nitrogen functional groups attached to an aromatic ring is 1. The molecule has 10 heteroatoms. The Morgan fingerprint density at radius 1 is 1.24 bits per heavy atom. The van der Waals surface area contributed by atoms with Gasteiger partial charge < -0.3 is 20.0 Å². The Morgan fingerprint density at radius 3 is 2.59 bits per heavy atom. The number of fused-ring (bicyclic) bond motifs is 1. The van der Waals surface area contributed by atoms with Crippen molar-refractivity contribution in [3.05, 3.63) is 81.9 Å². The standard InChI is InChI=1S/C27H23ClN4O4S/c1-31-27(33)25-21-11-20(16-3-4-16)23(12-24(21)36-26(25)17-5-7-19(28)8-6-17)32(37(34)35)14-15-2-9-22(30)18(10-15)13-29/h2,5-12,16H,3-4,14,30H2,1H3,(H,31,33)(H,34,35)/p-1. The maximum absolute atomic E-state index is 13.0. The first-order chi connectivity index (χ1) is 17.8. The van der Waals surface area contributed by atoms with E-state index in [9.17, 15) is 18.8 Å². The number of halogens is 1. The van der Waals surface area contributed by atoms with Crippen molar-refractivity contribution in [2.24, 2.45) is 0 Å². The van der Waals surface area contributed by atoms with E-state index in [1.54, 1.807) is 55.6 Å². The molecule has 0 spiro atoms. The van der Waals surface area contributed by atoms with Gasteiger partial charge >= 0.3 is 0 Å². The van der Waals surface area contributed by atoms with Gasteiger partial charge in [-0.15, -0.1) is 0 Å². The third-order valence-electron chi connectivity index (χ3n) is 6.43. The third-order valence-corrected chi connectivity index (χ3v) is 7.37. The summed E-state index contributed by atoms with van der Waals surface area (Å²) >= 11 is 3.43. The highest BCUT2D eigenvalue weighted by atomic mass is 35.5. The summed E-state index contributed by atoms with van der Waals surface area (Å²) in [6.07, 6.45) is 1.82. The maximum atomic E-state index is 13.0. The van der Waals surface area contributed by atoms with E-state index in [1.165, 1.54) is 4.31 Å². The summed E-state index contributed by atoms with van der Waals surface area (Å²) in [6.45, 7) is 0.00332. The van der Waals surface area contributed by atoms with Crippen molar-refractivity contribution in [3.63, 3.8) is 0 Å². The zero-order chi connectivity index (χ0) is 26.3. The Labute approximate surface area is 221 Å². The lowest BCUT2D eigenvalue weighted by Gasteiger charge is -2.29. The molecule has 1 saturated carbocycles. The lowest BCUT2D eigenvalue weighted by Crippen LogP contribution is -2.26. The molecule has 1 amide bonds. The second kappa shape index (κ2) is 9.90. The monoisotopic (exact) mass is 533 g/mol. The first kappa shape index (κ1) is 24.8. The summed E-state index contributed by atoms with van der Waals surface area (Å²) in [5, 5.41) is 13.2. The molecule has 0 bridgehead atoms. The van der Waals surface area contributed by atoms with E-state index in [1.807, 2.05) is 12.1 Å². The number of nitriles is 1. The maximum Gasteiger partial charge on any atom is 0.255 e. The molecule has 1 aliphatic rings. The highest BCUT2D eigenvalue weighted by Gasteiger charge is 2.31. The molecule has 1 atom stereocenters. The van der Waals surface area contributed by atoms with E-state index in [2.05, 4.69) is 5.32 Å². The average molecular weight is 534 g/mol. The van der Waals surface area contributed by atoms with Crippen LogP contribution in [0.25, 0.3) is 22.3 Å². The predicted molar refractivity (Wildman–Crippen MR) is 143 cm³/mol. The SMILES string of the molecule is CNC(=O)c1c(-c2ccc(Cl)cc2)oc2cc(N(Cc3ccc(N)c(C#N)c3)S(=O)[O-])c(C3CC3)cc12. The average Bonchev–Trinajstić information content (AvgIpc) is 3.67. The molecule has 1 unspecified atom stereocenters. The lowest BCUT2D eigenvalue weighted by atomic mass is 10.00. The molecule has 4 aromatic rings. The van der Waals surface area contributed by atoms with Crippen LogP contribution in [-0.4, -0.2) is 21.7 Å². The molecule has 37 heavy (non-hydrogen) atoms. The van der Waals surface area contributed by atoms with Gasteiger partial charge in [0, 0.05) is 46.0 Å². The van der Waals surface area contributed by atoms with Crippen LogP contribution in [0.5, 0.6) is 0 Å². The van der Waals surface area contributed by atoms with Crippen molar-refractivity contribution in [1.29, 1.82) is 5.26 Å². The van der Waals surface area contributed by atoms with Crippen LogP contribution in [0.15, 0.2) is 59.0 Å². The van der Waals surface area contributed by atoms with Crippen LogP contribution < -0.4 is 15.4 Å². The van der Waals surface area contributed by atoms with Gasteiger partial charge in [0.15, 0.2) is 0 Å². The molecule has 188 valence electrons. The molecule has 1 aromatic heterocycles. The van der Waals surface area contributed by atoms with Crippen LogP contribution >= 0.6 is 11.6 Å². The first-order valence-electron chi connectivity index (χ1n) is 11.5. The first-order valence-corrected chi connectivity index (χ1v) is 13.0. The van der Waals surface area contributed by atoms with Crippen molar-refractivity contribution >= 4 is 51.1 Å². The number of amides is 1. The molecule has 3 N–H and O–H groups in total. The number of hydrogen-bond donors (Lipinski definition) is 2. The van der Waals surface area contributed by atoms with E-state index in [4.69, 9.17) is 21.8 Å². The molecule has 1 fully saturated rings. The predicted octanol–water partition coefficient (Wildman–Crippen LogP) is 5.24. The molecular weight excluding hydrogens is 512 g/mol.